The molecule has 0 amide bonds. The summed E-state index contributed by atoms with van der Waals surface area (Å²) in [5.41, 5.74) is 0. The molecule has 1 rings (SSSR count). The van der Waals surface area contributed by atoms with Crippen LogP contribution < -0.4 is 0 Å². The van der Waals surface area contributed by atoms with Crippen molar-refractivity contribution >= 4 is 5.97 Å². The molecule has 1 radical (unpaired) electrons. The lowest BCUT2D eigenvalue weighted by molar-refractivity contribution is -0.144. The third kappa shape index (κ3) is 4.20. The maximum atomic E-state index is 11.0. The van der Waals surface area contributed by atoms with Crippen molar-refractivity contribution in [3.63, 3.8) is 0 Å². The number of hydrogen-bond donors (Lipinski definition) is 2. The largest absolute Gasteiger partial charge is 0.481 e. The van der Waals surface area contributed by atoms with Crippen molar-refractivity contribution in [2.75, 3.05) is 0 Å². The molecule has 3 heteroatoms. The Hall–Kier alpha value is -0.570. The average Bonchev–Trinajstić information content (AvgIpc) is 2.17. The van der Waals surface area contributed by atoms with Gasteiger partial charge in [0.1, 0.15) is 0 Å². The minimum Gasteiger partial charge on any atom is -0.481 e. The standard InChI is InChI=1S/C12H21O3/c1-9(13)5-4-7-10-6-2-3-8-11(10)12(14)15/h2,9-11,13H,3-8H2,1H3,(H,14,15). The summed E-state index contributed by atoms with van der Waals surface area (Å²) >= 11 is 0. The minimum absolute atomic E-state index is 0.163. The maximum Gasteiger partial charge on any atom is 0.306 e. The van der Waals surface area contributed by atoms with Gasteiger partial charge in [0.05, 0.1) is 12.0 Å². The number of aliphatic carboxylic acids is 1. The molecule has 0 aromatic rings. The van der Waals surface area contributed by atoms with Gasteiger partial charge in [0.2, 0.25) is 0 Å². The van der Waals surface area contributed by atoms with E-state index in [9.17, 15) is 4.79 Å². The molecule has 0 spiro atoms. The summed E-state index contributed by atoms with van der Waals surface area (Å²) in [6.07, 6.45) is 7.23. The van der Waals surface area contributed by atoms with Gasteiger partial charge in [-0.1, -0.05) is 6.42 Å². The van der Waals surface area contributed by atoms with Gasteiger partial charge in [-0.2, -0.15) is 0 Å². The second-order valence-corrected chi connectivity index (χ2v) is 4.59. The molecule has 0 bridgehead atoms. The van der Waals surface area contributed by atoms with Crippen LogP contribution in [0.5, 0.6) is 0 Å². The molecule has 1 aliphatic rings. The molecule has 0 aromatic carbocycles. The van der Waals surface area contributed by atoms with E-state index in [1.807, 2.05) is 0 Å². The highest BCUT2D eigenvalue weighted by Crippen LogP contribution is 2.33. The van der Waals surface area contributed by atoms with Gasteiger partial charge in [-0.15, -0.1) is 0 Å². The van der Waals surface area contributed by atoms with Crippen LogP contribution in [0.25, 0.3) is 0 Å². The van der Waals surface area contributed by atoms with Crippen molar-refractivity contribution in [1.82, 2.24) is 0 Å². The van der Waals surface area contributed by atoms with Crippen LogP contribution in [0.2, 0.25) is 0 Å². The van der Waals surface area contributed by atoms with Gasteiger partial charge in [0, 0.05) is 0 Å². The van der Waals surface area contributed by atoms with Crippen molar-refractivity contribution in [3.8, 4) is 0 Å². The molecule has 3 nitrogen and oxygen atoms in total. The number of carboxylic acids is 1. The van der Waals surface area contributed by atoms with Crippen LogP contribution >= 0.6 is 0 Å². The fraction of sp³-hybridized carbons (Fsp3) is 0.833. The van der Waals surface area contributed by atoms with E-state index in [1.165, 1.54) is 0 Å². The Morgan fingerprint density at radius 3 is 2.93 bits per heavy atom. The van der Waals surface area contributed by atoms with Crippen LogP contribution in [0.4, 0.5) is 0 Å². The van der Waals surface area contributed by atoms with E-state index in [1.54, 1.807) is 6.92 Å². The molecule has 0 aromatic heterocycles. The zero-order valence-electron chi connectivity index (χ0n) is 9.35. The summed E-state index contributed by atoms with van der Waals surface area (Å²) in [4.78, 5) is 11.0. The molecule has 0 saturated heterocycles. The number of hydrogen-bond acceptors (Lipinski definition) is 2. The van der Waals surface area contributed by atoms with Crippen LogP contribution in [0, 0.1) is 18.3 Å². The molecule has 1 aliphatic carbocycles. The normalized spacial score (nSPS) is 28.7. The van der Waals surface area contributed by atoms with E-state index in [2.05, 4.69) is 6.42 Å². The van der Waals surface area contributed by atoms with Crippen molar-refractivity contribution in [1.29, 1.82) is 0 Å². The molecular weight excluding hydrogens is 192 g/mol. The van der Waals surface area contributed by atoms with Crippen molar-refractivity contribution in [3.05, 3.63) is 6.42 Å². The maximum absolute atomic E-state index is 11.0. The Labute approximate surface area is 91.5 Å². The van der Waals surface area contributed by atoms with Crippen LogP contribution in [0.3, 0.4) is 0 Å². The third-order valence-corrected chi connectivity index (χ3v) is 3.23. The summed E-state index contributed by atoms with van der Waals surface area (Å²) in [6, 6.07) is 0. The molecule has 3 atom stereocenters. The van der Waals surface area contributed by atoms with E-state index in [0.29, 0.717) is 0 Å². The summed E-state index contributed by atoms with van der Waals surface area (Å²) in [6.45, 7) is 1.78. The molecule has 1 fully saturated rings. The SMILES string of the molecule is CC(O)CCCC1C[CH]CCC1C(=O)O. The number of carbonyl (C=O) groups is 1. The Morgan fingerprint density at radius 2 is 2.33 bits per heavy atom. The van der Waals surface area contributed by atoms with Crippen LogP contribution in [0.15, 0.2) is 0 Å². The lowest BCUT2D eigenvalue weighted by Crippen LogP contribution is -2.27. The Balaban J connectivity index is 2.33. The minimum atomic E-state index is -0.648. The first-order valence-electron chi connectivity index (χ1n) is 5.83. The first-order valence-corrected chi connectivity index (χ1v) is 5.83. The zero-order valence-corrected chi connectivity index (χ0v) is 9.35. The zero-order chi connectivity index (χ0) is 11.3. The van der Waals surface area contributed by atoms with Gasteiger partial charge in [0.15, 0.2) is 0 Å². The van der Waals surface area contributed by atoms with Gasteiger partial charge in [0.25, 0.3) is 0 Å². The van der Waals surface area contributed by atoms with Crippen molar-refractivity contribution < 1.29 is 15.0 Å². The van der Waals surface area contributed by atoms with E-state index in [-0.39, 0.29) is 17.9 Å². The number of carboxylic acid groups (broad SMARTS) is 1. The first kappa shape index (κ1) is 12.5. The van der Waals surface area contributed by atoms with E-state index < -0.39 is 5.97 Å². The van der Waals surface area contributed by atoms with Crippen LogP contribution in [0.1, 0.15) is 45.4 Å². The summed E-state index contributed by atoms with van der Waals surface area (Å²) in [5.74, 6) is -0.524. The summed E-state index contributed by atoms with van der Waals surface area (Å²) in [7, 11) is 0. The Bertz CT molecular complexity index is 201. The lowest BCUT2D eigenvalue weighted by atomic mass is 9.76. The monoisotopic (exact) mass is 213 g/mol. The van der Waals surface area contributed by atoms with Crippen molar-refractivity contribution in [2.24, 2.45) is 11.8 Å². The molecule has 87 valence electrons. The van der Waals surface area contributed by atoms with Crippen LogP contribution in [-0.2, 0) is 4.79 Å². The second-order valence-electron chi connectivity index (χ2n) is 4.59. The van der Waals surface area contributed by atoms with Gasteiger partial charge < -0.3 is 10.2 Å². The molecule has 2 N–H and O–H groups in total. The molecular formula is C12H21O3. The third-order valence-electron chi connectivity index (χ3n) is 3.23. The van der Waals surface area contributed by atoms with E-state index >= 15 is 0 Å². The second kappa shape index (κ2) is 6.11. The van der Waals surface area contributed by atoms with Crippen LogP contribution in [-0.4, -0.2) is 22.3 Å². The molecule has 0 aliphatic heterocycles. The fourth-order valence-corrected chi connectivity index (χ4v) is 2.35. The number of rotatable bonds is 5. The predicted molar refractivity (Wildman–Crippen MR) is 58.3 cm³/mol. The lowest BCUT2D eigenvalue weighted by Gasteiger charge is -2.28. The number of aliphatic hydroxyl groups is 1. The van der Waals surface area contributed by atoms with Crippen molar-refractivity contribution in [2.45, 2.75) is 51.6 Å². The summed E-state index contributed by atoms with van der Waals surface area (Å²) in [5, 5.41) is 18.2. The van der Waals surface area contributed by atoms with Gasteiger partial charge in [-0.25, -0.2) is 0 Å². The molecule has 3 unspecified atom stereocenters. The van der Waals surface area contributed by atoms with Gasteiger partial charge in [-0.3, -0.25) is 4.79 Å². The van der Waals surface area contributed by atoms with Gasteiger partial charge in [-0.05, 0) is 51.4 Å². The quantitative estimate of drug-likeness (QED) is 0.736. The molecule has 0 heterocycles. The average molecular weight is 213 g/mol. The van der Waals surface area contributed by atoms with E-state index in [4.69, 9.17) is 10.2 Å². The highest BCUT2D eigenvalue weighted by atomic mass is 16.4. The molecule has 1 saturated carbocycles. The fourth-order valence-electron chi connectivity index (χ4n) is 2.35. The van der Waals surface area contributed by atoms with Gasteiger partial charge >= 0.3 is 5.97 Å². The topological polar surface area (TPSA) is 57.5 Å². The number of aliphatic hydroxyl groups excluding tert-OH is 1. The highest BCUT2D eigenvalue weighted by Gasteiger charge is 2.30. The summed E-state index contributed by atoms with van der Waals surface area (Å²) < 4.78 is 0. The smallest absolute Gasteiger partial charge is 0.306 e. The predicted octanol–water partition coefficient (Wildman–Crippen LogP) is 2.24. The molecule has 15 heavy (non-hydrogen) atoms. The van der Waals surface area contributed by atoms with E-state index in [0.717, 1.165) is 38.5 Å². The Morgan fingerprint density at radius 1 is 1.60 bits per heavy atom. The first-order chi connectivity index (χ1) is 7.11. The Kier molecular flexibility index (Phi) is 5.09. The highest BCUT2D eigenvalue weighted by molar-refractivity contribution is 5.70.